The Morgan fingerprint density at radius 2 is 2.00 bits per heavy atom. The van der Waals surface area contributed by atoms with Gasteiger partial charge in [-0.25, -0.2) is 0 Å². The van der Waals surface area contributed by atoms with E-state index in [9.17, 15) is 4.79 Å². The monoisotopic (exact) mass is 340 g/mol. The van der Waals surface area contributed by atoms with Gasteiger partial charge in [-0.1, -0.05) is 31.1 Å². The number of aromatic amines is 1. The summed E-state index contributed by atoms with van der Waals surface area (Å²) in [7, 11) is 2.13. The van der Waals surface area contributed by atoms with Crippen LogP contribution in [-0.2, 0) is 11.3 Å². The lowest BCUT2D eigenvalue weighted by Crippen LogP contribution is -2.19. The van der Waals surface area contributed by atoms with Crippen molar-refractivity contribution in [2.45, 2.75) is 40.2 Å². The molecule has 0 saturated heterocycles. The third-order valence-electron chi connectivity index (χ3n) is 3.91. The number of nitrogens with zero attached hydrogens (tertiary/aromatic N) is 2. The first-order valence-electron chi connectivity index (χ1n) is 8.76. The third-order valence-corrected chi connectivity index (χ3v) is 3.91. The molecule has 1 aromatic carbocycles. The van der Waals surface area contributed by atoms with Crippen LogP contribution in [0.5, 0.6) is 0 Å². The van der Waals surface area contributed by atoms with Crippen molar-refractivity contribution in [1.82, 2.24) is 15.1 Å². The molecule has 25 heavy (non-hydrogen) atoms. The molecule has 2 rings (SSSR count). The van der Waals surface area contributed by atoms with Gasteiger partial charge in [0.05, 0.1) is 11.9 Å². The number of rotatable bonds is 8. The van der Waals surface area contributed by atoms with Crippen LogP contribution < -0.4 is 5.32 Å². The van der Waals surface area contributed by atoms with Crippen molar-refractivity contribution < 1.29 is 4.79 Å². The number of hydrogen-bond donors (Lipinski definition) is 2. The van der Waals surface area contributed by atoms with E-state index in [-0.39, 0.29) is 5.91 Å². The Morgan fingerprint density at radius 3 is 2.64 bits per heavy atom. The lowest BCUT2D eigenvalue weighted by atomic mass is 10.1. The van der Waals surface area contributed by atoms with E-state index >= 15 is 0 Å². The number of nitrogens with one attached hydrogen (secondary N) is 2. The number of H-pyrrole nitrogens is 1. The number of unbranched alkanes of at least 4 members (excludes halogenated alkanes) is 1. The Kier molecular flexibility index (Phi) is 6.95. The van der Waals surface area contributed by atoms with Crippen LogP contribution in [0.4, 0.5) is 5.69 Å². The van der Waals surface area contributed by atoms with Crippen molar-refractivity contribution >= 4 is 11.6 Å². The Hall–Kier alpha value is -2.40. The number of hydrogen-bond acceptors (Lipinski definition) is 3. The molecular formula is C20H28N4O. The Balaban J connectivity index is 2.06. The molecule has 0 saturated carbocycles. The van der Waals surface area contributed by atoms with Crippen LogP contribution in [0.1, 0.15) is 39.2 Å². The second-order valence-corrected chi connectivity index (χ2v) is 6.65. The molecule has 0 bridgehead atoms. The van der Waals surface area contributed by atoms with Crippen LogP contribution in [0, 0.1) is 0 Å². The topological polar surface area (TPSA) is 61.0 Å². The summed E-state index contributed by atoms with van der Waals surface area (Å²) in [5.41, 5.74) is 5.04. The minimum Gasteiger partial charge on any atom is -0.323 e. The number of amides is 1. The normalized spacial score (nSPS) is 10.8. The van der Waals surface area contributed by atoms with Crippen LogP contribution in [0.25, 0.3) is 11.3 Å². The van der Waals surface area contributed by atoms with Crippen molar-refractivity contribution in [1.29, 1.82) is 0 Å². The van der Waals surface area contributed by atoms with Gasteiger partial charge in [0, 0.05) is 29.4 Å². The molecule has 1 aromatic heterocycles. The average molecular weight is 340 g/mol. The molecule has 0 atom stereocenters. The highest BCUT2D eigenvalue weighted by Crippen LogP contribution is 2.24. The molecule has 0 radical (unpaired) electrons. The summed E-state index contributed by atoms with van der Waals surface area (Å²) >= 11 is 0. The number of aromatic nitrogens is 2. The Labute approximate surface area is 150 Å². The molecular weight excluding hydrogens is 312 g/mol. The second kappa shape index (κ2) is 9.18. The standard InChI is InChI=1S/C20H28N4O/c1-5-6-11-24(4)14-17-13-21-23-20(17)16-7-9-18(10-8-16)22-19(25)12-15(2)3/h7-10,12-13H,5-6,11,14H2,1-4H3,(H,21,23)(H,22,25). The highest BCUT2D eigenvalue weighted by molar-refractivity contribution is 5.99. The molecule has 134 valence electrons. The molecule has 2 aromatic rings. The van der Waals surface area contributed by atoms with Crippen LogP contribution >= 0.6 is 0 Å². The predicted octanol–water partition coefficient (Wildman–Crippen LogP) is 4.21. The van der Waals surface area contributed by atoms with Gasteiger partial charge in [-0.05, 0) is 46.0 Å². The lowest BCUT2D eigenvalue weighted by molar-refractivity contribution is -0.111. The van der Waals surface area contributed by atoms with E-state index < -0.39 is 0 Å². The van der Waals surface area contributed by atoms with Gasteiger partial charge in [0.25, 0.3) is 0 Å². The quantitative estimate of drug-likeness (QED) is 0.708. The van der Waals surface area contributed by atoms with Crippen molar-refractivity contribution in [3.8, 4) is 11.3 Å². The highest BCUT2D eigenvalue weighted by atomic mass is 16.1. The largest absolute Gasteiger partial charge is 0.323 e. The summed E-state index contributed by atoms with van der Waals surface area (Å²) in [5, 5.41) is 10.2. The molecule has 1 heterocycles. The van der Waals surface area contributed by atoms with E-state index in [2.05, 4.69) is 34.4 Å². The maximum absolute atomic E-state index is 11.8. The van der Waals surface area contributed by atoms with E-state index in [1.807, 2.05) is 44.3 Å². The summed E-state index contributed by atoms with van der Waals surface area (Å²) in [6.45, 7) is 7.95. The van der Waals surface area contributed by atoms with E-state index in [0.29, 0.717) is 0 Å². The molecule has 5 nitrogen and oxygen atoms in total. The minimum absolute atomic E-state index is 0.104. The summed E-state index contributed by atoms with van der Waals surface area (Å²) < 4.78 is 0. The zero-order valence-electron chi connectivity index (χ0n) is 15.6. The van der Waals surface area contributed by atoms with Crippen LogP contribution in [0.2, 0.25) is 0 Å². The first kappa shape index (κ1) is 18.9. The van der Waals surface area contributed by atoms with E-state index in [1.165, 1.54) is 18.4 Å². The fourth-order valence-corrected chi connectivity index (χ4v) is 2.64. The molecule has 0 aliphatic rings. The van der Waals surface area contributed by atoms with Gasteiger partial charge in [-0.15, -0.1) is 0 Å². The predicted molar refractivity (Wildman–Crippen MR) is 103 cm³/mol. The molecule has 2 N–H and O–H groups in total. The maximum atomic E-state index is 11.8. The average Bonchev–Trinajstić information content (AvgIpc) is 3.01. The molecule has 0 aliphatic carbocycles. The van der Waals surface area contributed by atoms with Crippen LogP contribution in [0.3, 0.4) is 0 Å². The van der Waals surface area contributed by atoms with Gasteiger partial charge < -0.3 is 10.2 Å². The summed E-state index contributed by atoms with van der Waals surface area (Å²) in [4.78, 5) is 14.1. The van der Waals surface area contributed by atoms with Gasteiger partial charge in [-0.2, -0.15) is 5.10 Å². The smallest absolute Gasteiger partial charge is 0.248 e. The maximum Gasteiger partial charge on any atom is 0.248 e. The zero-order valence-corrected chi connectivity index (χ0v) is 15.6. The molecule has 0 aliphatic heterocycles. The van der Waals surface area contributed by atoms with Gasteiger partial charge in [0.1, 0.15) is 0 Å². The van der Waals surface area contributed by atoms with Gasteiger partial charge in [0.2, 0.25) is 5.91 Å². The molecule has 1 amide bonds. The van der Waals surface area contributed by atoms with Crippen molar-refractivity contribution in [3.05, 3.63) is 47.7 Å². The first-order valence-corrected chi connectivity index (χ1v) is 8.76. The fourth-order valence-electron chi connectivity index (χ4n) is 2.64. The summed E-state index contributed by atoms with van der Waals surface area (Å²) in [5.74, 6) is -0.104. The van der Waals surface area contributed by atoms with Crippen molar-refractivity contribution in [3.63, 3.8) is 0 Å². The molecule has 0 fully saturated rings. The van der Waals surface area contributed by atoms with Gasteiger partial charge >= 0.3 is 0 Å². The number of allylic oxidation sites excluding steroid dienone is 1. The summed E-state index contributed by atoms with van der Waals surface area (Å²) in [6, 6.07) is 7.83. The third kappa shape index (κ3) is 5.87. The van der Waals surface area contributed by atoms with E-state index in [0.717, 1.165) is 35.6 Å². The number of carbonyl (C=O) groups excluding carboxylic acids is 1. The number of benzene rings is 1. The number of carbonyl (C=O) groups is 1. The van der Waals surface area contributed by atoms with E-state index in [1.54, 1.807) is 6.08 Å². The van der Waals surface area contributed by atoms with Gasteiger partial charge in [0.15, 0.2) is 0 Å². The second-order valence-electron chi connectivity index (χ2n) is 6.65. The minimum atomic E-state index is -0.104. The van der Waals surface area contributed by atoms with Crippen molar-refractivity contribution in [2.75, 3.05) is 18.9 Å². The lowest BCUT2D eigenvalue weighted by Gasteiger charge is -2.16. The fraction of sp³-hybridized carbons (Fsp3) is 0.400. The van der Waals surface area contributed by atoms with Crippen LogP contribution in [-0.4, -0.2) is 34.6 Å². The Bertz CT molecular complexity index is 712. The first-order chi connectivity index (χ1) is 12.0. The molecule has 0 spiro atoms. The SMILES string of the molecule is CCCCN(C)Cc1cn[nH]c1-c1ccc(NC(=O)C=C(C)C)cc1. The van der Waals surface area contributed by atoms with E-state index in [4.69, 9.17) is 0 Å². The van der Waals surface area contributed by atoms with Gasteiger partial charge in [-0.3, -0.25) is 9.89 Å². The summed E-state index contributed by atoms with van der Waals surface area (Å²) in [6.07, 6.45) is 5.88. The molecule has 5 heteroatoms. The number of anilines is 1. The zero-order chi connectivity index (χ0) is 18.2. The molecule has 0 unspecified atom stereocenters. The van der Waals surface area contributed by atoms with Crippen molar-refractivity contribution in [2.24, 2.45) is 0 Å². The Morgan fingerprint density at radius 1 is 1.28 bits per heavy atom. The highest BCUT2D eigenvalue weighted by Gasteiger charge is 2.10. The van der Waals surface area contributed by atoms with Crippen LogP contribution in [0.15, 0.2) is 42.1 Å².